The fourth-order valence-electron chi connectivity index (χ4n) is 3.34. The number of hydrogen-bond donors (Lipinski definition) is 0. The number of benzene rings is 2. The van der Waals surface area contributed by atoms with E-state index in [9.17, 15) is 8.60 Å². The van der Waals surface area contributed by atoms with Crippen molar-refractivity contribution in [2.45, 2.75) is 37.3 Å². The van der Waals surface area contributed by atoms with E-state index in [0.29, 0.717) is 10.7 Å². The summed E-state index contributed by atoms with van der Waals surface area (Å²) in [7, 11) is -2.70. The van der Waals surface area contributed by atoms with Crippen molar-refractivity contribution in [2.75, 3.05) is 0 Å². The summed E-state index contributed by atoms with van der Waals surface area (Å²) in [5.74, 6) is 0.103. The second-order valence-corrected chi connectivity index (χ2v) is 11.4. The van der Waals surface area contributed by atoms with Crippen LogP contribution in [-0.2, 0) is 16.1 Å². The van der Waals surface area contributed by atoms with Crippen LogP contribution in [0.15, 0.2) is 82.2 Å². The molecule has 164 valence electrons. The highest BCUT2D eigenvalue weighted by atomic mass is 32.2. The summed E-state index contributed by atoms with van der Waals surface area (Å²) in [6.07, 6.45) is 2.45. The molecule has 0 aliphatic rings. The summed E-state index contributed by atoms with van der Waals surface area (Å²) in [6, 6.07) is 19.5. The molecule has 2 aromatic heterocycles. The molecule has 0 bridgehead atoms. The highest BCUT2D eigenvalue weighted by Crippen LogP contribution is 2.38. The van der Waals surface area contributed by atoms with Crippen molar-refractivity contribution in [1.82, 2.24) is 9.97 Å². The fourth-order valence-corrected chi connectivity index (χ4v) is 6.14. The third kappa shape index (κ3) is 4.49. The third-order valence-electron chi connectivity index (χ3n) is 5.03. The predicted molar refractivity (Wildman–Crippen MR) is 130 cm³/mol. The minimum Gasteiger partial charge on any atom is -0.244 e. The molecule has 0 amide bonds. The summed E-state index contributed by atoms with van der Waals surface area (Å²) >= 11 is 1.57. The molecule has 1 unspecified atom stereocenters. The zero-order valence-corrected chi connectivity index (χ0v) is 19.8. The van der Waals surface area contributed by atoms with E-state index in [1.54, 1.807) is 23.6 Å². The normalized spacial score (nSPS) is 13.2. The summed E-state index contributed by atoms with van der Waals surface area (Å²) < 4.78 is 32.3. The molecule has 0 N–H and O–H groups in total. The average molecular weight is 466 g/mol. The first-order valence-electron chi connectivity index (χ1n) is 10.4. The van der Waals surface area contributed by atoms with Gasteiger partial charge in [-0.15, -0.1) is 11.3 Å². The second kappa shape index (κ2) is 9.30. The number of aromatic nitrogens is 2. The van der Waals surface area contributed by atoms with Gasteiger partial charge in [0.15, 0.2) is 5.82 Å². The standard InChI is InChI=1S/C25H24FN3OS2/c1-4-23-28-24(18-9-8-10-20(26)15-18)25(31-23)19-13-14-27-22(16-19)29-32(30,17(2)3)21-11-6-5-7-12-21/h5-17H,4H2,1-3H3. The molecule has 0 aliphatic heterocycles. The predicted octanol–water partition coefficient (Wildman–Crippen LogP) is 7.14. The molecular formula is C25H24FN3OS2. The maximum Gasteiger partial charge on any atom is 0.162 e. The summed E-state index contributed by atoms with van der Waals surface area (Å²) in [5.41, 5.74) is 2.33. The van der Waals surface area contributed by atoms with Gasteiger partial charge in [0, 0.05) is 21.9 Å². The van der Waals surface area contributed by atoms with Crippen molar-refractivity contribution in [2.24, 2.45) is 4.36 Å². The molecule has 32 heavy (non-hydrogen) atoms. The molecule has 2 aromatic carbocycles. The number of aryl methyl sites for hydroxylation is 1. The number of halogens is 1. The van der Waals surface area contributed by atoms with E-state index in [4.69, 9.17) is 4.98 Å². The number of thiazole rings is 1. The molecule has 0 aliphatic carbocycles. The van der Waals surface area contributed by atoms with Gasteiger partial charge < -0.3 is 0 Å². The van der Waals surface area contributed by atoms with Crippen LogP contribution >= 0.6 is 11.3 Å². The van der Waals surface area contributed by atoms with E-state index in [-0.39, 0.29) is 11.1 Å². The van der Waals surface area contributed by atoms with E-state index in [1.165, 1.54) is 12.1 Å². The van der Waals surface area contributed by atoms with Crippen LogP contribution in [0.5, 0.6) is 0 Å². The lowest BCUT2D eigenvalue weighted by Crippen LogP contribution is -2.13. The smallest absolute Gasteiger partial charge is 0.162 e. The molecule has 0 fully saturated rings. The van der Waals surface area contributed by atoms with Gasteiger partial charge in [-0.2, -0.15) is 4.36 Å². The monoisotopic (exact) mass is 465 g/mol. The van der Waals surface area contributed by atoms with Crippen molar-refractivity contribution in [1.29, 1.82) is 0 Å². The van der Waals surface area contributed by atoms with Crippen molar-refractivity contribution in [3.63, 3.8) is 0 Å². The molecule has 1 atom stereocenters. The minimum absolute atomic E-state index is 0.187. The van der Waals surface area contributed by atoms with Crippen LogP contribution in [-0.4, -0.2) is 19.4 Å². The number of nitrogens with zero attached hydrogens (tertiary/aromatic N) is 3. The van der Waals surface area contributed by atoms with E-state index < -0.39 is 9.73 Å². The quantitative estimate of drug-likeness (QED) is 0.304. The van der Waals surface area contributed by atoms with Crippen LogP contribution in [0.25, 0.3) is 21.7 Å². The van der Waals surface area contributed by atoms with Crippen LogP contribution in [0.3, 0.4) is 0 Å². The molecule has 0 saturated carbocycles. The first-order valence-corrected chi connectivity index (χ1v) is 12.8. The maximum absolute atomic E-state index is 13.9. The van der Waals surface area contributed by atoms with E-state index >= 15 is 0 Å². The number of rotatable bonds is 6. The van der Waals surface area contributed by atoms with Crippen LogP contribution in [0.2, 0.25) is 0 Å². The lowest BCUT2D eigenvalue weighted by Gasteiger charge is -2.14. The fraction of sp³-hybridized carbons (Fsp3) is 0.200. The summed E-state index contributed by atoms with van der Waals surface area (Å²) in [4.78, 5) is 10.7. The van der Waals surface area contributed by atoms with E-state index in [2.05, 4.69) is 9.35 Å². The average Bonchev–Trinajstić information content (AvgIpc) is 3.24. The van der Waals surface area contributed by atoms with Crippen LogP contribution < -0.4 is 0 Å². The molecule has 2 heterocycles. The summed E-state index contributed by atoms with van der Waals surface area (Å²) in [6.45, 7) is 5.85. The Morgan fingerprint density at radius 2 is 1.81 bits per heavy atom. The van der Waals surface area contributed by atoms with Crippen LogP contribution in [0.4, 0.5) is 10.2 Å². The van der Waals surface area contributed by atoms with Crippen molar-refractivity contribution < 1.29 is 8.60 Å². The molecule has 0 spiro atoms. The summed E-state index contributed by atoms with van der Waals surface area (Å²) in [5, 5.41) is 0.776. The topological polar surface area (TPSA) is 55.2 Å². The SMILES string of the molecule is CCc1nc(-c2cccc(F)c2)c(-c2ccnc(N=S(=O)(c3ccccc3)C(C)C)c2)s1. The maximum atomic E-state index is 13.9. The Bertz CT molecular complexity index is 1360. The molecular weight excluding hydrogens is 441 g/mol. The molecule has 0 saturated heterocycles. The zero-order chi connectivity index (χ0) is 22.7. The van der Waals surface area contributed by atoms with E-state index in [0.717, 1.165) is 33.1 Å². The Balaban J connectivity index is 1.85. The van der Waals surface area contributed by atoms with Gasteiger partial charge in [-0.3, -0.25) is 0 Å². The van der Waals surface area contributed by atoms with Gasteiger partial charge in [0.25, 0.3) is 0 Å². The molecule has 4 rings (SSSR count). The highest BCUT2D eigenvalue weighted by Gasteiger charge is 2.19. The zero-order valence-electron chi connectivity index (χ0n) is 18.2. The van der Waals surface area contributed by atoms with Gasteiger partial charge >= 0.3 is 0 Å². The van der Waals surface area contributed by atoms with Crippen molar-refractivity contribution in [3.8, 4) is 21.7 Å². The third-order valence-corrected chi connectivity index (χ3v) is 8.96. The Labute approximate surface area is 192 Å². The molecule has 4 aromatic rings. The minimum atomic E-state index is -2.70. The van der Waals surface area contributed by atoms with E-state index in [1.807, 2.05) is 69.3 Å². The van der Waals surface area contributed by atoms with Gasteiger partial charge in [0.2, 0.25) is 0 Å². The van der Waals surface area contributed by atoms with Gasteiger partial charge in [-0.1, -0.05) is 37.3 Å². The second-order valence-electron chi connectivity index (χ2n) is 7.57. The van der Waals surface area contributed by atoms with Crippen molar-refractivity contribution >= 4 is 26.9 Å². The lowest BCUT2D eigenvalue weighted by atomic mass is 10.1. The Kier molecular flexibility index (Phi) is 6.48. The largest absolute Gasteiger partial charge is 0.244 e. The van der Waals surface area contributed by atoms with Crippen LogP contribution in [0.1, 0.15) is 25.8 Å². The van der Waals surface area contributed by atoms with Gasteiger partial charge in [0.1, 0.15) is 5.82 Å². The van der Waals surface area contributed by atoms with Crippen LogP contribution in [0, 0.1) is 5.82 Å². The van der Waals surface area contributed by atoms with Gasteiger partial charge in [0.05, 0.1) is 25.3 Å². The number of hydrogen-bond acceptors (Lipinski definition) is 5. The lowest BCUT2D eigenvalue weighted by molar-refractivity contribution is 0.628. The highest BCUT2D eigenvalue weighted by molar-refractivity contribution is 7.94. The molecule has 4 nitrogen and oxygen atoms in total. The first-order chi connectivity index (χ1) is 15.4. The Morgan fingerprint density at radius 1 is 1.03 bits per heavy atom. The molecule has 0 radical (unpaired) electrons. The first kappa shape index (κ1) is 22.3. The van der Waals surface area contributed by atoms with Gasteiger partial charge in [-0.25, -0.2) is 18.6 Å². The van der Waals surface area contributed by atoms with Gasteiger partial charge in [-0.05, 0) is 62.2 Å². The molecule has 7 heteroatoms. The number of pyridine rings is 1. The van der Waals surface area contributed by atoms with Crippen molar-refractivity contribution in [3.05, 3.63) is 83.8 Å². The Morgan fingerprint density at radius 3 is 2.50 bits per heavy atom. The Hall–Kier alpha value is -2.90.